The summed E-state index contributed by atoms with van der Waals surface area (Å²) >= 11 is 0. The van der Waals surface area contributed by atoms with Gasteiger partial charge in [-0.15, -0.1) is 0 Å². The van der Waals surface area contributed by atoms with Gasteiger partial charge in [0.25, 0.3) is 0 Å². The molecule has 1 aromatic carbocycles. The molecule has 1 saturated carbocycles. The Morgan fingerprint density at radius 1 is 1.21 bits per heavy atom. The van der Waals surface area contributed by atoms with Crippen molar-refractivity contribution >= 4 is 0 Å². The fourth-order valence-electron chi connectivity index (χ4n) is 2.62. The highest BCUT2D eigenvalue weighted by molar-refractivity contribution is 5.43. The molecule has 1 N–H and O–H groups in total. The van der Waals surface area contributed by atoms with Crippen LogP contribution in [0.4, 0.5) is 13.2 Å². The van der Waals surface area contributed by atoms with Gasteiger partial charge in [0, 0.05) is 5.92 Å². The molecular formula is C14H14F3NO. The number of aliphatic hydroxyl groups is 1. The van der Waals surface area contributed by atoms with Crippen molar-refractivity contribution in [3.05, 3.63) is 34.9 Å². The number of nitriles is 1. The molecule has 1 fully saturated rings. The van der Waals surface area contributed by atoms with Crippen LogP contribution in [0.3, 0.4) is 0 Å². The number of nitrogens with zero attached hydrogens (tertiary/aromatic N) is 1. The maximum Gasteiger partial charge on any atom is 0.417 e. The van der Waals surface area contributed by atoms with Crippen LogP contribution in [0.2, 0.25) is 0 Å². The molecular weight excluding hydrogens is 255 g/mol. The van der Waals surface area contributed by atoms with Crippen LogP contribution in [-0.4, -0.2) is 11.2 Å². The smallest absolute Gasteiger partial charge is 0.392 e. The minimum atomic E-state index is -4.54. The average molecular weight is 269 g/mol. The molecule has 19 heavy (non-hydrogen) atoms. The minimum Gasteiger partial charge on any atom is -0.392 e. The van der Waals surface area contributed by atoms with E-state index in [2.05, 4.69) is 0 Å². The first-order valence-electron chi connectivity index (χ1n) is 6.23. The van der Waals surface area contributed by atoms with Crippen LogP contribution in [0.25, 0.3) is 0 Å². The maximum atomic E-state index is 12.9. The largest absolute Gasteiger partial charge is 0.417 e. The first-order chi connectivity index (χ1) is 8.93. The zero-order valence-corrected chi connectivity index (χ0v) is 10.2. The molecule has 1 aliphatic carbocycles. The van der Waals surface area contributed by atoms with Crippen LogP contribution >= 0.6 is 0 Å². The summed E-state index contributed by atoms with van der Waals surface area (Å²) < 4.78 is 38.6. The highest BCUT2D eigenvalue weighted by Crippen LogP contribution is 2.37. The molecule has 2 rings (SSSR count). The summed E-state index contributed by atoms with van der Waals surface area (Å²) in [6.45, 7) is 0. The van der Waals surface area contributed by atoms with Crippen molar-refractivity contribution in [1.29, 1.82) is 5.26 Å². The molecule has 1 aromatic rings. The Labute approximate surface area is 109 Å². The summed E-state index contributed by atoms with van der Waals surface area (Å²) in [5.74, 6) is -0.261. The Morgan fingerprint density at radius 3 is 2.47 bits per heavy atom. The second kappa shape index (κ2) is 5.22. The number of aliphatic hydroxyl groups excluding tert-OH is 1. The predicted octanol–water partition coefficient (Wildman–Crippen LogP) is 3.60. The van der Waals surface area contributed by atoms with Gasteiger partial charge in [-0.1, -0.05) is 18.9 Å². The van der Waals surface area contributed by atoms with E-state index in [0.717, 1.165) is 18.9 Å². The van der Waals surface area contributed by atoms with Crippen molar-refractivity contribution in [2.45, 2.75) is 43.9 Å². The Hall–Kier alpha value is -1.54. The van der Waals surface area contributed by atoms with Crippen LogP contribution in [0.5, 0.6) is 0 Å². The lowest BCUT2D eigenvalue weighted by Gasteiger charge is -2.28. The van der Waals surface area contributed by atoms with Crippen molar-refractivity contribution in [1.82, 2.24) is 0 Å². The molecule has 0 spiro atoms. The van der Waals surface area contributed by atoms with Gasteiger partial charge < -0.3 is 5.11 Å². The molecule has 0 heterocycles. The van der Waals surface area contributed by atoms with E-state index >= 15 is 0 Å². The molecule has 0 saturated heterocycles. The lowest BCUT2D eigenvalue weighted by Crippen LogP contribution is -2.23. The normalized spacial score (nSPS) is 23.9. The maximum absolute atomic E-state index is 12.9. The third-order valence-corrected chi connectivity index (χ3v) is 3.63. The van der Waals surface area contributed by atoms with Crippen molar-refractivity contribution in [2.75, 3.05) is 0 Å². The Balaban J connectivity index is 2.41. The number of hydrogen-bond acceptors (Lipinski definition) is 2. The molecule has 102 valence electrons. The third-order valence-electron chi connectivity index (χ3n) is 3.63. The van der Waals surface area contributed by atoms with Crippen molar-refractivity contribution in [3.8, 4) is 6.07 Å². The van der Waals surface area contributed by atoms with E-state index in [1.807, 2.05) is 0 Å². The number of alkyl halides is 3. The van der Waals surface area contributed by atoms with Gasteiger partial charge in [-0.05, 0) is 30.5 Å². The molecule has 0 amide bonds. The molecule has 0 unspecified atom stereocenters. The lowest BCUT2D eigenvalue weighted by molar-refractivity contribution is -0.137. The highest BCUT2D eigenvalue weighted by Gasteiger charge is 2.35. The fourth-order valence-corrected chi connectivity index (χ4v) is 2.62. The number of rotatable bonds is 1. The van der Waals surface area contributed by atoms with Gasteiger partial charge in [0.2, 0.25) is 0 Å². The summed E-state index contributed by atoms with van der Waals surface area (Å²) in [5.41, 5.74) is -0.814. The summed E-state index contributed by atoms with van der Waals surface area (Å²) in [5, 5.41) is 18.6. The van der Waals surface area contributed by atoms with Crippen LogP contribution in [-0.2, 0) is 6.18 Å². The number of halogens is 3. The van der Waals surface area contributed by atoms with E-state index in [4.69, 9.17) is 5.26 Å². The van der Waals surface area contributed by atoms with E-state index in [1.54, 1.807) is 6.07 Å². The molecule has 0 aromatic heterocycles. The van der Waals surface area contributed by atoms with Crippen LogP contribution in [0, 0.1) is 11.3 Å². The first kappa shape index (κ1) is 13.9. The van der Waals surface area contributed by atoms with Crippen LogP contribution in [0.15, 0.2) is 18.2 Å². The van der Waals surface area contributed by atoms with E-state index in [9.17, 15) is 18.3 Å². The zero-order chi connectivity index (χ0) is 14.0. The molecule has 2 atom stereocenters. The molecule has 2 nitrogen and oxygen atoms in total. The van der Waals surface area contributed by atoms with Crippen molar-refractivity contribution in [3.63, 3.8) is 0 Å². The second-order valence-corrected chi connectivity index (χ2v) is 4.87. The van der Waals surface area contributed by atoms with E-state index in [-0.39, 0.29) is 11.5 Å². The average Bonchev–Trinajstić information content (AvgIpc) is 2.37. The van der Waals surface area contributed by atoms with Gasteiger partial charge in [0.05, 0.1) is 23.3 Å². The number of benzene rings is 1. The molecule has 1 aliphatic rings. The van der Waals surface area contributed by atoms with Gasteiger partial charge >= 0.3 is 6.18 Å². The lowest BCUT2D eigenvalue weighted by atomic mass is 9.81. The summed E-state index contributed by atoms with van der Waals surface area (Å²) in [7, 11) is 0. The van der Waals surface area contributed by atoms with E-state index < -0.39 is 17.8 Å². The van der Waals surface area contributed by atoms with Crippen molar-refractivity contribution in [2.24, 2.45) is 0 Å². The van der Waals surface area contributed by atoms with Crippen LogP contribution < -0.4 is 0 Å². The molecule has 0 radical (unpaired) electrons. The van der Waals surface area contributed by atoms with Gasteiger partial charge in [0.1, 0.15) is 0 Å². The first-order valence-corrected chi connectivity index (χ1v) is 6.23. The van der Waals surface area contributed by atoms with Crippen LogP contribution in [0.1, 0.15) is 48.3 Å². The Bertz CT molecular complexity index is 504. The van der Waals surface area contributed by atoms with E-state index in [1.165, 1.54) is 12.1 Å². The molecule has 0 aliphatic heterocycles. The fraction of sp³-hybridized carbons (Fsp3) is 0.500. The van der Waals surface area contributed by atoms with Gasteiger partial charge in [-0.2, -0.15) is 18.4 Å². The standard InChI is InChI=1S/C14H14F3NO/c15-14(16,17)12-7-9(5-6-10(12)8-18)11-3-1-2-4-13(11)19/h5-7,11,13,19H,1-4H2/t11-,13+/m0/s1. The second-order valence-electron chi connectivity index (χ2n) is 4.87. The number of hydrogen-bond donors (Lipinski definition) is 1. The van der Waals surface area contributed by atoms with Crippen molar-refractivity contribution < 1.29 is 18.3 Å². The Morgan fingerprint density at radius 2 is 1.89 bits per heavy atom. The quantitative estimate of drug-likeness (QED) is 0.846. The SMILES string of the molecule is N#Cc1ccc([C@@H]2CCCC[C@H]2O)cc1C(F)(F)F. The van der Waals surface area contributed by atoms with Gasteiger partial charge in [-0.3, -0.25) is 0 Å². The monoisotopic (exact) mass is 269 g/mol. The zero-order valence-electron chi connectivity index (χ0n) is 10.2. The van der Waals surface area contributed by atoms with Gasteiger partial charge in [0.15, 0.2) is 0 Å². The molecule has 0 bridgehead atoms. The highest BCUT2D eigenvalue weighted by atomic mass is 19.4. The summed E-state index contributed by atoms with van der Waals surface area (Å²) in [6, 6.07) is 5.29. The van der Waals surface area contributed by atoms with Gasteiger partial charge in [-0.25, -0.2) is 0 Å². The topological polar surface area (TPSA) is 44.0 Å². The summed E-state index contributed by atoms with van der Waals surface area (Å²) in [4.78, 5) is 0. The Kier molecular flexibility index (Phi) is 3.81. The minimum absolute atomic E-state index is 0.261. The summed E-state index contributed by atoms with van der Waals surface area (Å²) in [6.07, 6.45) is -2.02. The molecule has 5 heteroatoms. The predicted molar refractivity (Wildman–Crippen MR) is 63.4 cm³/mol. The van der Waals surface area contributed by atoms with E-state index in [0.29, 0.717) is 18.4 Å². The third kappa shape index (κ3) is 2.90.